The maximum atomic E-state index is 12.6. The zero-order valence-corrected chi connectivity index (χ0v) is 12.2. The molecule has 6 nitrogen and oxygen atoms in total. The van der Waals surface area contributed by atoms with Crippen LogP contribution in [0.1, 0.15) is 25.8 Å². The van der Waals surface area contributed by atoms with E-state index in [1.165, 1.54) is 0 Å². The van der Waals surface area contributed by atoms with Crippen LogP contribution >= 0.6 is 0 Å². The van der Waals surface area contributed by atoms with Crippen molar-refractivity contribution >= 4 is 17.6 Å². The predicted molar refractivity (Wildman–Crippen MR) is 77.8 cm³/mol. The lowest BCUT2D eigenvalue weighted by atomic mass is 9.82. The summed E-state index contributed by atoms with van der Waals surface area (Å²) < 4.78 is 5.14. The minimum atomic E-state index is -1.33. The summed E-state index contributed by atoms with van der Waals surface area (Å²) in [5.41, 5.74) is 4.83. The maximum absolute atomic E-state index is 12.6. The highest BCUT2D eigenvalue weighted by Crippen LogP contribution is 2.27. The van der Waals surface area contributed by atoms with Gasteiger partial charge in [0.05, 0.1) is 12.0 Å². The average molecular weight is 292 g/mol. The third-order valence-electron chi connectivity index (χ3n) is 3.98. The molecule has 1 atom stereocenters. The van der Waals surface area contributed by atoms with Gasteiger partial charge >= 0.3 is 5.97 Å². The Balaban J connectivity index is 2.22. The fourth-order valence-corrected chi connectivity index (χ4v) is 2.29. The van der Waals surface area contributed by atoms with Crippen molar-refractivity contribution in [3.8, 4) is 0 Å². The highest BCUT2D eigenvalue weighted by Gasteiger charge is 2.46. The molecule has 1 unspecified atom stereocenters. The first kappa shape index (κ1) is 15.3. The van der Waals surface area contributed by atoms with E-state index >= 15 is 0 Å². The van der Waals surface area contributed by atoms with Crippen LogP contribution in [0.4, 0.5) is 5.69 Å². The van der Waals surface area contributed by atoms with Gasteiger partial charge < -0.3 is 20.9 Å². The first-order valence-corrected chi connectivity index (χ1v) is 6.78. The second-order valence-electron chi connectivity index (χ2n) is 5.89. The minimum Gasteiger partial charge on any atom is -0.479 e. The molecule has 0 bridgehead atoms. The normalized spacial score (nSPS) is 22.0. The Bertz CT molecular complexity index is 545. The van der Waals surface area contributed by atoms with Crippen molar-refractivity contribution in [1.29, 1.82) is 0 Å². The molecule has 0 spiro atoms. The Morgan fingerprint density at radius 2 is 1.95 bits per heavy atom. The lowest BCUT2D eigenvalue weighted by Gasteiger charge is -2.31. The molecule has 0 radical (unpaired) electrons. The SMILES string of the molecule is CC(C)(C(=O)NC1(C(=O)O)CCOC1)c1ccc(N)cc1. The largest absolute Gasteiger partial charge is 0.479 e. The van der Waals surface area contributed by atoms with Crippen molar-refractivity contribution in [2.75, 3.05) is 18.9 Å². The number of ether oxygens (including phenoxy) is 1. The zero-order valence-electron chi connectivity index (χ0n) is 12.2. The summed E-state index contributed by atoms with van der Waals surface area (Å²) >= 11 is 0. The molecule has 0 aliphatic carbocycles. The van der Waals surface area contributed by atoms with Crippen molar-refractivity contribution in [3.05, 3.63) is 29.8 Å². The maximum Gasteiger partial charge on any atom is 0.331 e. The van der Waals surface area contributed by atoms with Crippen LogP contribution in [-0.4, -0.2) is 35.7 Å². The molecule has 1 aliphatic heterocycles. The Hall–Kier alpha value is -2.08. The van der Waals surface area contributed by atoms with Crippen molar-refractivity contribution in [2.45, 2.75) is 31.2 Å². The van der Waals surface area contributed by atoms with Gasteiger partial charge in [0, 0.05) is 18.7 Å². The van der Waals surface area contributed by atoms with Gasteiger partial charge in [0.25, 0.3) is 0 Å². The smallest absolute Gasteiger partial charge is 0.331 e. The van der Waals surface area contributed by atoms with Crippen LogP contribution in [-0.2, 0) is 19.7 Å². The zero-order chi connectivity index (χ0) is 15.7. The van der Waals surface area contributed by atoms with Crippen LogP contribution in [0.3, 0.4) is 0 Å². The number of carboxylic acids is 1. The van der Waals surface area contributed by atoms with Crippen molar-refractivity contribution in [3.63, 3.8) is 0 Å². The van der Waals surface area contributed by atoms with E-state index in [1.54, 1.807) is 38.1 Å². The average Bonchev–Trinajstić information content (AvgIpc) is 2.89. The van der Waals surface area contributed by atoms with Crippen molar-refractivity contribution in [2.24, 2.45) is 0 Å². The van der Waals surface area contributed by atoms with Gasteiger partial charge in [-0.1, -0.05) is 12.1 Å². The number of hydrogen-bond acceptors (Lipinski definition) is 4. The number of nitrogens with two attached hydrogens (primary N) is 1. The molecule has 1 saturated heterocycles. The van der Waals surface area contributed by atoms with Crippen molar-refractivity contribution < 1.29 is 19.4 Å². The summed E-state index contributed by atoms with van der Waals surface area (Å²) in [6, 6.07) is 6.98. The Morgan fingerprint density at radius 3 is 2.43 bits per heavy atom. The number of carboxylic acid groups (broad SMARTS) is 1. The van der Waals surface area contributed by atoms with E-state index in [0.29, 0.717) is 12.3 Å². The monoisotopic (exact) mass is 292 g/mol. The van der Waals surface area contributed by atoms with Crippen LogP contribution in [0.2, 0.25) is 0 Å². The highest BCUT2D eigenvalue weighted by molar-refractivity contribution is 5.93. The number of anilines is 1. The molecule has 0 aromatic heterocycles. The first-order chi connectivity index (χ1) is 9.78. The summed E-state index contributed by atoms with van der Waals surface area (Å²) in [6.45, 7) is 3.82. The van der Waals surface area contributed by atoms with Crippen LogP contribution in [0, 0.1) is 0 Å². The highest BCUT2D eigenvalue weighted by atomic mass is 16.5. The van der Waals surface area contributed by atoms with Crippen LogP contribution in [0.5, 0.6) is 0 Å². The Morgan fingerprint density at radius 1 is 1.33 bits per heavy atom. The third-order valence-corrected chi connectivity index (χ3v) is 3.98. The fourth-order valence-electron chi connectivity index (χ4n) is 2.29. The fraction of sp³-hybridized carbons (Fsp3) is 0.467. The molecule has 4 N–H and O–H groups in total. The van der Waals surface area contributed by atoms with Crippen molar-refractivity contribution in [1.82, 2.24) is 5.32 Å². The number of amides is 1. The molecule has 114 valence electrons. The van der Waals surface area contributed by atoms with E-state index in [2.05, 4.69) is 5.32 Å². The molecular formula is C15H20N2O4. The number of rotatable bonds is 4. The Kier molecular flexibility index (Phi) is 3.91. The van der Waals surface area contributed by atoms with Crippen LogP contribution in [0.25, 0.3) is 0 Å². The molecule has 1 fully saturated rings. The molecule has 1 heterocycles. The van der Waals surface area contributed by atoms with Gasteiger partial charge in [-0.3, -0.25) is 4.79 Å². The number of nitrogens with one attached hydrogen (secondary N) is 1. The number of nitrogen functional groups attached to an aromatic ring is 1. The molecule has 2 rings (SSSR count). The summed E-state index contributed by atoms with van der Waals surface area (Å²) in [6.07, 6.45) is 0.270. The van der Waals surface area contributed by atoms with Gasteiger partial charge in [-0.15, -0.1) is 0 Å². The van der Waals surface area contributed by atoms with Gasteiger partial charge in [-0.25, -0.2) is 4.79 Å². The van der Waals surface area contributed by atoms with E-state index in [9.17, 15) is 14.7 Å². The van der Waals surface area contributed by atoms with E-state index in [0.717, 1.165) is 5.56 Å². The molecule has 0 saturated carbocycles. The van der Waals surface area contributed by atoms with Gasteiger partial charge in [0.15, 0.2) is 5.54 Å². The predicted octanol–water partition coefficient (Wildman–Crippen LogP) is 0.906. The lowest BCUT2D eigenvalue weighted by molar-refractivity contribution is -0.148. The number of benzene rings is 1. The summed E-state index contributed by atoms with van der Waals surface area (Å²) in [5, 5.41) is 12.0. The van der Waals surface area contributed by atoms with E-state index < -0.39 is 16.9 Å². The molecular weight excluding hydrogens is 272 g/mol. The number of carbonyl (C=O) groups is 2. The van der Waals surface area contributed by atoms with Gasteiger partial charge in [0.2, 0.25) is 5.91 Å². The van der Waals surface area contributed by atoms with Gasteiger partial charge in [0.1, 0.15) is 0 Å². The van der Waals surface area contributed by atoms with Gasteiger partial charge in [-0.2, -0.15) is 0 Å². The second-order valence-corrected chi connectivity index (χ2v) is 5.89. The lowest BCUT2D eigenvalue weighted by Crippen LogP contribution is -2.58. The quantitative estimate of drug-likeness (QED) is 0.716. The number of aliphatic carboxylic acids is 1. The number of carbonyl (C=O) groups excluding carboxylic acids is 1. The molecule has 21 heavy (non-hydrogen) atoms. The minimum absolute atomic E-state index is 0.00804. The molecule has 1 aromatic rings. The summed E-state index contributed by atoms with van der Waals surface area (Å²) in [4.78, 5) is 24.0. The van der Waals surface area contributed by atoms with Crippen LogP contribution in [0.15, 0.2) is 24.3 Å². The second kappa shape index (κ2) is 5.37. The van der Waals surface area contributed by atoms with E-state index in [1.807, 2.05) is 0 Å². The first-order valence-electron chi connectivity index (χ1n) is 6.78. The molecule has 1 aromatic carbocycles. The molecule has 1 aliphatic rings. The number of hydrogen-bond donors (Lipinski definition) is 3. The Labute approximate surface area is 123 Å². The van der Waals surface area contributed by atoms with Gasteiger partial charge in [-0.05, 0) is 31.5 Å². The summed E-state index contributed by atoms with van der Waals surface area (Å²) in [5.74, 6) is -1.42. The van der Waals surface area contributed by atoms with E-state index in [4.69, 9.17) is 10.5 Å². The van der Waals surface area contributed by atoms with Crippen LogP contribution < -0.4 is 11.1 Å². The summed E-state index contributed by atoms with van der Waals surface area (Å²) in [7, 11) is 0. The third kappa shape index (κ3) is 2.85. The standard InChI is InChI=1S/C15H20N2O4/c1-14(2,10-3-5-11(16)6-4-10)12(18)17-15(13(19)20)7-8-21-9-15/h3-6H,7-9,16H2,1-2H3,(H,17,18)(H,19,20). The van der Waals surface area contributed by atoms with E-state index in [-0.39, 0.29) is 18.9 Å². The molecule has 6 heteroatoms. The molecule has 1 amide bonds. The topological polar surface area (TPSA) is 102 Å².